The van der Waals surface area contributed by atoms with Gasteiger partial charge in [-0.1, -0.05) is 0 Å². The minimum Gasteiger partial charge on any atom is -0.480 e. The Morgan fingerprint density at radius 2 is 2.19 bits per heavy atom. The number of likely N-dealkylation sites (N-methyl/N-ethyl adjacent to an activating group) is 1. The monoisotopic (exact) mass is 309 g/mol. The summed E-state index contributed by atoms with van der Waals surface area (Å²) < 4.78 is 0.703. The minimum atomic E-state index is -1.26. The van der Waals surface area contributed by atoms with Crippen LogP contribution >= 0.6 is 11.3 Å². The number of fused-ring (bicyclic) bond motifs is 1. The van der Waals surface area contributed by atoms with E-state index < -0.39 is 16.4 Å². The van der Waals surface area contributed by atoms with E-state index >= 15 is 0 Å². The van der Waals surface area contributed by atoms with Crippen LogP contribution in [-0.2, 0) is 4.79 Å². The smallest absolute Gasteiger partial charge is 0.328 e. The van der Waals surface area contributed by atoms with Gasteiger partial charge in [0.2, 0.25) is 0 Å². The summed E-state index contributed by atoms with van der Waals surface area (Å²) in [6.07, 6.45) is 0. The van der Waals surface area contributed by atoms with Crippen LogP contribution < -0.4 is 4.90 Å². The fourth-order valence-electron chi connectivity index (χ4n) is 2.29. The Hall–Kier alpha value is -2.22. The number of nitrogens with zero attached hydrogens (tertiary/aromatic N) is 3. The van der Waals surface area contributed by atoms with Crippen molar-refractivity contribution in [1.29, 1.82) is 0 Å². The second kappa shape index (κ2) is 5.28. The number of aromatic nitrogens is 1. The van der Waals surface area contributed by atoms with Crippen LogP contribution in [0.2, 0.25) is 0 Å². The molecule has 8 heteroatoms. The number of anilines is 1. The van der Waals surface area contributed by atoms with Gasteiger partial charge in [0.25, 0.3) is 0 Å². The first-order valence-corrected chi connectivity index (χ1v) is 7.20. The van der Waals surface area contributed by atoms with Crippen molar-refractivity contribution in [3.8, 4) is 0 Å². The molecule has 2 rings (SSSR count). The number of thiazole rings is 1. The molecule has 7 nitrogen and oxygen atoms in total. The molecule has 0 amide bonds. The third-order valence-corrected chi connectivity index (χ3v) is 4.24. The van der Waals surface area contributed by atoms with E-state index in [2.05, 4.69) is 4.98 Å². The summed E-state index contributed by atoms with van der Waals surface area (Å²) in [5.74, 6) is -1.04. The Morgan fingerprint density at radius 1 is 1.52 bits per heavy atom. The maximum atomic E-state index is 11.5. The van der Waals surface area contributed by atoms with Crippen LogP contribution in [0.4, 0.5) is 11.4 Å². The lowest BCUT2D eigenvalue weighted by Gasteiger charge is -2.35. The van der Waals surface area contributed by atoms with Crippen LogP contribution in [0.15, 0.2) is 17.6 Å². The van der Waals surface area contributed by atoms with Crippen molar-refractivity contribution in [3.05, 3.63) is 27.8 Å². The maximum Gasteiger partial charge on any atom is 0.328 e. The molecule has 0 aliphatic heterocycles. The lowest BCUT2D eigenvalue weighted by Crippen LogP contribution is -2.50. The van der Waals surface area contributed by atoms with Crippen LogP contribution in [0.25, 0.3) is 10.2 Å². The number of carbonyl (C=O) groups is 1. The zero-order chi connectivity index (χ0) is 15.8. The fraction of sp³-hybridized carbons (Fsp3) is 0.385. The van der Waals surface area contributed by atoms with Gasteiger partial charge in [-0.15, -0.1) is 11.3 Å². The molecule has 0 fully saturated rings. The van der Waals surface area contributed by atoms with E-state index in [0.29, 0.717) is 16.8 Å². The number of carboxylic acid groups (broad SMARTS) is 1. The number of rotatable bonds is 5. The standard InChI is InChI=1S/C13H15N3O4S/c1-4-15(13(2,3)12(17)18)8-5-6-9-10(14-7-21-9)11(8)16(19)20/h5-7H,4H2,1-3H3,(H,17,18). The van der Waals surface area contributed by atoms with Gasteiger partial charge in [-0.25, -0.2) is 9.78 Å². The third kappa shape index (κ3) is 2.42. The van der Waals surface area contributed by atoms with Crippen molar-refractivity contribution >= 4 is 38.9 Å². The Kier molecular flexibility index (Phi) is 3.82. The molecule has 1 aromatic carbocycles. The van der Waals surface area contributed by atoms with E-state index in [1.165, 1.54) is 30.1 Å². The second-order valence-corrected chi connectivity index (χ2v) is 5.88. The summed E-state index contributed by atoms with van der Waals surface area (Å²) in [6.45, 7) is 5.14. The highest BCUT2D eigenvalue weighted by molar-refractivity contribution is 7.16. The van der Waals surface area contributed by atoms with Crippen LogP contribution in [0.3, 0.4) is 0 Å². The van der Waals surface area contributed by atoms with E-state index in [0.717, 1.165) is 0 Å². The lowest BCUT2D eigenvalue weighted by molar-refractivity contribution is -0.382. The number of hydrogen-bond donors (Lipinski definition) is 1. The van der Waals surface area contributed by atoms with Crippen molar-refractivity contribution in [3.63, 3.8) is 0 Å². The normalized spacial score (nSPS) is 11.6. The molecular weight excluding hydrogens is 294 g/mol. The number of nitro groups is 1. The summed E-state index contributed by atoms with van der Waals surface area (Å²) >= 11 is 1.31. The van der Waals surface area contributed by atoms with E-state index in [-0.39, 0.29) is 11.4 Å². The Balaban J connectivity index is 2.72. The SMILES string of the molecule is CCN(c1ccc2scnc2c1[N+](=O)[O-])C(C)(C)C(=O)O. The Bertz CT molecular complexity index is 711. The number of carboxylic acids is 1. The summed E-state index contributed by atoms with van der Waals surface area (Å²) in [6, 6.07) is 3.32. The van der Waals surface area contributed by atoms with Gasteiger partial charge < -0.3 is 10.0 Å². The molecule has 0 unspecified atom stereocenters. The zero-order valence-electron chi connectivity index (χ0n) is 11.9. The van der Waals surface area contributed by atoms with Crippen molar-refractivity contribution < 1.29 is 14.8 Å². The van der Waals surface area contributed by atoms with Crippen molar-refractivity contribution in [2.75, 3.05) is 11.4 Å². The van der Waals surface area contributed by atoms with Gasteiger partial charge in [0.1, 0.15) is 11.2 Å². The van der Waals surface area contributed by atoms with Gasteiger partial charge in [0.05, 0.1) is 15.1 Å². The topological polar surface area (TPSA) is 96.6 Å². The first kappa shape index (κ1) is 15.2. The molecular formula is C13H15N3O4S. The number of aliphatic carboxylic acids is 1. The minimum absolute atomic E-state index is 0.148. The molecule has 0 radical (unpaired) electrons. The van der Waals surface area contributed by atoms with Crippen molar-refractivity contribution in [1.82, 2.24) is 4.98 Å². The average molecular weight is 309 g/mol. The van der Waals surface area contributed by atoms with E-state index in [9.17, 15) is 20.0 Å². The van der Waals surface area contributed by atoms with E-state index in [1.807, 2.05) is 0 Å². The van der Waals surface area contributed by atoms with E-state index in [4.69, 9.17) is 0 Å². The zero-order valence-corrected chi connectivity index (χ0v) is 12.7. The Labute approximate surface area is 125 Å². The van der Waals surface area contributed by atoms with Crippen LogP contribution in [0.1, 0.15) is 20.8 Å². The molecule has 2 aromatic rings. The number of nitro benzene ring substituents is 1. The summed E-state index contributed by atoms with van der Waals surface area (Å²) in [7, 11) is 0. The highest BCUT2D eigenvalue weighted by Crippen LogP contribution is 2.39. The predicted octanol–water partition coefficient (Wildman–Crippen LogP) is 2.89. The molecule has 0 saturated heterocycles. The molecule has 0 aliphatic carbocycles. The highest BCUT2D eigenvalue weighted by Gasteiger charge is 2.37. The van der Waals surface area contributed by atoms with Crippen molar-refractivity contribution in [2.45, 2.75) is 26.3 Å². The molecule has 0 bridgehead atoms. The third-order valence-electron chi connectivity index (χ3n) is 3.44. The van der Waals surface area contributed by atoms with Gasteiger partial charge >= 0.3 is 11.7 Å². The quantitative estimate of drug-likeness (QED) is 0.674. The average Bonchev–Trinajstić information content (AvgIpc) is 2.86. The molecule has 1 N–H and O–H groups in total. The van der Waals surface area contributed by atoms with Gasteiger partial charge in [-0.2, -0.15) is 0 Å². The first-order valence-electron chi connectivity index (χ1n) is 6.32. The molecule has 0 saturated carbocycles. The summed E-state index contributed by atoms with van der Waals surface area (Å²) in [5, 5.41) is 20.8. The van der Waals surface area contributed by atoms with Crippen molar-refractivity contribution in [2.24, 2.45) is 0 Å². The first-order chi connectivity index (χ1) is 9.80. The number of benzene rings is 1. The number of hydrogen-bond acceptors (Lipinski definition) is 6. The molecule has 21 heavy (non-hydrogen) atoms. The largest absolute Gasteiger partial charge is 0.480 e. The summed E-state index contributed by atoms with van der Waals surface area (Å²) in [4.78, 5) is 28.0. The van der Waals surface area contributed by atoms with E-state index in [1.54, 1.807) is 24.6 Å². The maximum absolute atomic E-state index is 11.5. The van der Waals surface area contributed by atoms with Gasteiger partial charge in [-0.3, -0.25) is 10.1 Å². The highest BCUT2D eigenvalue weighted by atomic mass is 32.1. The Morgan fingerprint density at radius 3 is 2.71 bits per heavy atom. The molecule has 1 aromatic heterocycles. The van der Waals surface area contributed by atoms with Gasteiger partial charge in [0.15, 0.2) is 5.52 Å². The van der Waals surface area contributed by atoms with Crippen LogP contribution in [0, 0.1) is 10.1 Å². The van der Waals surface area contributed by atoms with Gasteiger partial charge in [0, 0.05) is 6.54 Å². The molecule has 112 valence electrons. The summed E-state index contributed by atoms with van der Waals surface area (Å²) in [5.41, 5.74) is 0.698. The molecule has 0 atom stereocenters. The molecule has 1 heterocycles. The van der Waals surface area contributed by atoms with Crippen LogP contribution in [0.5, 0.6) is 0 Å². The fourth-order valence-corrected chi connectivity index (χ4v) is 2.97. The predicted molar refractivity (Wildman–Crippen MR) is 81.0 cm³/mol. The molecule has 0 aliphatic rings. The molecule has 0 spiro atoms. The van der Waals surface area contributed by atoms with Crippen LogP contribution in [-0.4, -0.2) is 33.1 Å². The lowest BCUT2D eigenvalue weighted by atomic mass is 10.0. The van der Waals surface area contributed by atoms with Gasteiger partial charge in [-0.05, 0) is 32.9 Å². The second-order valence-electron chi connectivity index (χ2n) is 5.00.